The molecule has 1 aliphatic carbocycles. The van der Waals surface area contributed by atoms with Gasteiger partial charge in [-0.2, -0.15) is 0 Å². The fourth-order valence-electron chi connectivity index (χ4n) is 11.5. The van der Waals surface area contributed by atoms with Gasteiger partial charge in [-0.3, -0.25) is 0 Å². The van der Waals surface area contributed by atoms with Gasteiger partial charge in [0.25, 0.3) is 0 Å². The van der Waals surface area contributed by atoms with Crippen molar-refractivity contribution in [2.75, 3.05) is 0 Å². The minimum atomic E-state index is 0.0524. The van der Waals surface area contributed by atoms with E-state index in [1.165, 1.54) is 132 Å². The van der Waals surface area contributed by atoms with E-state index >= 15 is 0 Å². The summed E-state index contributed by atoms with van der Waals surface area (Å²) in [7, 11) is 0. The third-order valence-corrected chi connectivity index (χ3v) is 13.9. The standard InChI is InChI=1S/C54H46BN/c1-28-9-12-33-13-16-37-44-27-43-36-17-14-34(54(6,7)8)26-39(36)35-15-10-29(2)21-41(35)50(43)53-51(44)55(46-24-31(4)22-42(49(37)46)38(33)19-28)47-25-32(5)23-45-40-20-30(3)11-18-48(40)56(53)52(45)47/h9-12,14-15,17-27,37H,13,16H2,1-8H3. The van der Waals surface area contributed by atoms with E-state index in [0.29, 0.717) is 5.92 Å². The highest BCUT2D eigenvalue weighted by Crippen LogP contribution is 2.49. The van der Waals surface area contributed by atoms with Gasteiger partial charge in [0.05, 0.1) is 11.2 Å². The number of hydrogen-bond donors (Lipinski definition) is 0. The first-order chi connectivity index (χ1) is 26.9. The van der Waals surface area contributed by atoms with E-state index in [0.717, 1.165) is 12.8 Å². The molecule has 8 aromatic carbocycles. The number of hydrogen-bond acceptors (Lipinski definition) is 0. The maximum Gasteiger partial charge on any atom is 0.247 e. The van der Waals surface area contributed by atoms with E-state index < -0.39 is 0 Å². The van der Waals surface area contributed by atoms with E-state index in [-0.39, 0.29) is 12.1 Å². The Hall–Kier alpha value is -5.60. The number of benzene rings is 8. The molecule has 1 nitrogen and oxygen atoms in total. The van der Waals surface area contributed by atoms with Gasteiger partial charge in [-0.1, -0.05) is 133 Å². The molecule has 56 heavy (non-hydrogen) atoms. The second kappa shape index (κ2) is 10.8. The van der Waals surface area contributed by atoms with Gasteiger partial charge in [0.15, 0.2) is 0 Å². The lowest BCUT2D eigenvalue weighted by Gasteiger charge is -2.39. The Morgan fingerprint density at radius 3 is 2.00 bits per heavy atom. The van der Waals surface area contributed by atoms with Crippen molar-refractivity contribution in [3.05, 3.63) is 153 Å². The Bertz CT molecular complexity index is 3290. The lowest BCUT2D eigenvalue weighted by molar-refractivity contribution is 0.591. The van der Waals surface area contributed by atoms with Crippen LogP contribution in [0.4, 0.5) is 0 Å². The molecule has 0 radical (unpaired) electrons. The molecule has 2 heteroatoms. The number of aryl methyl sites for hydroxylation is 6. The maximum atomic E-state index is 2.73. The molecule has 0 fully saturated rings. The number of aromatic nitrogens is 1. The molecular weight excluding hydrogens is 673 g/mol. The molecule has 12 rings (SSSR count). The predicted octanol–water partition coefficient (Wildman–Crippen LogP) is 12.0. The first kappa shape index (κ1) is 32.6. The minimum Gasteiger partial charge on any atom is -0.310 e. The minimum absolute atomic E-state index is 0.0524. The van der Waals surface area contributed by atoms with Crippen LogP contribution in [-0.4, -0.2) is 11.3 Å². The first-order valence-corrected chi connectivity index (χ1v) is 20.7. The summed E-state index contributed by atoms with van der Waals surface area (Å²) in [4.78, 5) is 0. The van der Waals surface area contributed by atoms with Crippen LogP contribution in [0.1, 0.15) is 83.2 Å². The quantitative estimate of drug-likeness (QED) is 0.109. The zero-order valence-electron chi connectivity index (χ0n) is 33.8. The van der Waals surface area contributed by atoms with E-state index in [9.17, 15) is 0 Å². The van der Waals surface area contributed by atoms with Crippen LogP contribution < -0.4 is 16.4 Å². The Kier molecular flexibility index (Phi) is 6.31. The third kappa shape index (κ3) is 4.18. The van der Waals surface area contributed by atoms with E-state index in [2.05, 4.69) is 163 Å². The van der Waals surface area contributed by atoms with E-state index in [4.69, 9.17) is 0 Å². The second-order valence-electron chi connectivity index (χ2n) is 18.8. The Labute approximate surface area is 330 Å². The molecule has 0 amide bonds. The zero-order chi connectivity index (χ0) is 38.1. The lowest BCUT2D eigenvalue weighted by atomic mass is 9.31. The number of nitrogens with zero attached hydrogens (tertiary/aromatic N) is 1. The number of fused-ring (bicyclic) bond motifs is 16. The summed E-state index contributed by atoms with van der Waals surface area (Å²) in [5, 5.41) is 11.0. The Morgan fingerprint density at radius 2 is 1.20 bits per heavy atom. The van der Waals surface area contributed by atoms with Crippen molar-refractivity contribution in [2.45, 2.75) is 79.6 Å². The average Bonchev–Trinajstić information content (AvgIpc) is 3.38. The lowest BCUT2D eigenvalue weighted by Crippen LogP contribution is -2.61. The van der Waals surface area contributed by atoms with Gasteiger partial charge < -0.3 is 4.57 Å². The largest absolute Gasteiger partial charge is 0.310 e. The summed E-state index contributed by atoms with van der Waals surface area (Å²) in [6, 6.07) is 41.7. The maximum absolute atomic E-state index is 2.73. The molecule has 2 aliphatic heterocycles. The van der Waals surface area contributed by atoms with Crippen molar-refractivity contribution in [1.29, 1.82) is 0 Å². The second-order valence-corrected chi connectivity index (χ2v) is 18.8. The third-order valence-electron chi connectivity index (χ3n) is 13.9. The highest BCUT2D eigenvalue weighted by Gasteiger charge is 2.45. The van der Waals surface area contributed by atoms with Crippen LogP contribution in [0.15, 0.2) is 103 Å². The molecule has 0 bridgehead atoms. The van der Waals surface area contributed by atoms with Gasteiger partial charge in [0.2, 0.25) is 6.71 Å². The van der Waals surface area contributed by atoms with Crippen molar-refractivity contribution in [3.8, 4) is 16.8 Å². The van der Waals surface area contributed by atoms with Crippen LogP contribution in [0.2, 0.25) is 0 Å². The van der Waals surface area contributed by atoms with Gasteiger partial charge in [-0.25, -0.2) is 0 Å². The molecule has 0 spiro atoms. The molecule has 1 atom stereocenters. The Balaban J connectivity index is 1.36. The zero-order valence-corrected chi connectivity index (χ0v) is 33.8. The van der Waals surface area contributed by atoms with Crippen molar-refractivity contribution in [2.24, 2.45) is 0 Å². The van der Waals surface area contributed by atoms with Gasteiger partial charge in [-0.15, -0.1) is 0 Å². The first-order valence-electron chi connectivity index (χ1n) is 20.7. The van der Waals surface area contributed by atoms with Gasteiger partial charge >= 0.3 is 0 Å². The predicted molar refractivity (Wildman–Crippen MR) is 242 cm³/mol. The van der Waals surface area contributed by atoms with Crippen molar-refractivity contribution < 1.29 is 0 Å². The van der Waals surface area contributed by atoms with Crippen molar-refractivity contribution in [1.82, 2.24) is 4.57 Å². The molecule has 0 N–H and O–H groups in total. The highest BCUT2D eigenvalue weighted by atomic mass is 15.0. The molecule has 1 unspecified atom stereocenters. The number of rotatable bonds is 0. The summed E-state index contributed by atoms with van der Waals surface area (Å²) < 4.78 is 2.73. The molecular formula is C54H46BN. The summed E-state index contributed by atoms with van der Waals surface area (Å²) in [6.45, 7) is 18.6. The SMILES string of the molecule is Cc1ccc2c(c1)-c1cc(C)cc3c1C(CC2)c1cc2c4ccc(C(C)(C)C)cc4c4ccc(C)cc4c2c2c1B3c1cc(C)cc3c4cc(C)ccc4n-2c13. The van der Waals surface area contributed by atoms with Crippen LogP contribution in [0.25, 0.3) is 70.9 Å². The van der Waals surface area contributed by atoms with Gasteiger partial charge in [-0.05, 0) is 148 Å². The normalized spacial score (nSPS) is 15.5. The molecule has 270 valence electrons. The average molecular weight is 720 g/mol. The smallest absolute Gasteiger partial charge is 0.247 e. The van der Waals surface area contributed by atoms with Crippen LogP contribution >= 0.6 is 0 Å². The van der Waals surface area contributed by atoms with Crippen LogP contribution in [0, 0.1) is 34.6 Å². The van der Waals surface area contributed by atoms with Crippen molar-refractivity contribution >= 4 is 77.2 Å². The van der Waals surface area contributed by atoms with Crippen LogP contribution in [0.3, 0.4) is 0 Å². The summed E-state index contributed by atoms with van der Waals surface area (Å²) in [5.74, 6) is 0.297. The van der Waals surface area contributed by atoms with Gasteiger partial charge in [0, 0.05) is 27.6 Å². The van der Waals surface area contributed by atoms with Crippen LogP contribution in [-0.2, 0) is 11.8 Å². The molecule has 0 saturated heterocycles. The van der Waals surface area contributed by atoms with Crippen LogP contribution in [0.5, 0.6) is 0 Å². The summed E-state index contributed by atoms with van der Waals surface area (Å²) in [5.41, 5.74) is 24.1. The molecule has 1 aromatic heterocycles. The molecule has 3 heterocycles. The fourth-order valence-corrected chi connectivity index (χ4v) is 11.5. The molecule has 3 aliphatic rings. The van der Waals surface area contributed by atoms with E-state index in [1.807, 2.05) is 0 Å². The monoisotopic (exact) mass is 719 g/mol. The van der Waals surface area contributed by atoms with E-state index in [1.54, 1.807) is 5.56 Å². The summed E-state index contributed by atoms with van der Waals surface area (Å²) in [6.07, 6.45) is 2.17. The topological polar surface area (TPSA) is 4.93 Å². The fraction of sp³-hybridized carbons (Fsp3) is 0.222. The summed E-state index contributed by atoms with van der Waals surface area (Å²) >= 11 is 0. The van der Waals surface area contributed by atoms with Crippen molar-refractivity contribution in [3.63, 3.8) is 0 Å². The highest BCUT2D eigenvalue weighted by molar-refractivity contribution is 6.99. The molecule has 9 aromatic rings. The van der Waals surface area contributed by atoms with Gasteiger partial charge in [0.1, 0.15) is 0 Å². The Morgan fingerprint density at radius 1 is 0.554 bits per heavy atom. The molecule has 0 saturated carbocycles.